The van der Waals surface area contributed by atoms with Crippen molar-refractivity contribution in [3.63, 3.8) is 0 Å². The molecule has 6 N–H and O–H groups in total. The molecule has 0 radical (unpaired) electrons. The predicted octanol–water partition coefficient (Wildman–Crippen LogP) is 0.402. The summed E-state index contributed by atoms with van der Waals surface area (Å²) in [6, 6.07) is 2.88. The van der Waals surface area contributed by atoms with Crippen LogP contribution in [0.2, 0.25) is 0 Å². The molecule has 0 aliphatic rings. The van der Waals surface area contributed by atoms with Crippen LogP contribution >= 0.6 is 0 Å². The maximum Gasteiger partial charge on any atom is 0.325 e. The van der Waals surface area contributed by atoms with Gasteiger partial charge in [0.15, 0.2) is 0 Å². The van der Waals surface area contributed by atoms with Crippen molar-refractivity contribution in [3.8, 4) is 5.75 Å². The average Bonchev–Trinajstić information content (AvgIpc) is 2.83. The van der Waals surface area contributed by atoms with Crippen LogP contribution in [0.15, 0.2) is 49.8 Å². The van der Waals surface area contributed by atoms with Gasteiger partial charge in [0.05, 0.1) is 6.61 Å². The number of aliphatic carboxylic acids is 4. The molecule has 0 bridgehead atoms. The van der Waals surface area contributed by atoms with E-state index in [1.54, 1.807) is 6.08 Å². The van der Waals surface area contributed by atoms with E-state index in [1.807, 2.05) is 0 Å². The van der Waals surface area contributed by atoms with Gasteiger partial charge in [-0.25, -0.2) is 0 Å². The molecule has 0 unspecified atom stereocenters. The first-order chi connectivity index (χ1) is 18.0. The second-order valence-electron chi connectivity index (χ2n) is 7.28. The molecule has 0 aliphatic carbocycles. The van der Waals surface area contributed by atoms with Crippen molar-refractivity contribution in [3.05, 3.63) is 46.5 Å². The number of nitrogens with zero attached hydrogens (tertiary/aromatic N) is 4. The predicted molar refractivity (Wildman–Crippen MR) is 138 cm³/mol. The quantitative estimate of drug-likeness (QED) is 0.127. The SMILES string of the molecule is O=C(O)C/N=C/C\C=C(/C=C(/C=N/CC(=O)O)CO)c1cc(/C=N/CC(=O)O)c(O)c(/C=N/CC(=O)O)c1. The van der Waals surface area contributed by atoms with Crippen LogP contribution in [0.25, 0.3) is 5.57 Å². The molecule has 202 valence electrons. The van der Waals surface area contributed by atoms with Crippen molar-refractivity contribution in [1.82, 2.24) is 0 Å². The number of aliphatic hydroxyl groups is 1. The first-order valence-corrected chi connectivity index (χ1v) is 10.8. The summed E-state index contributed by atoms with van der Waals surface area (Å²) in [4.78, 5) is 58.0. The summed E-state index contributed by atoms with van der Waals surface area (Å²) >= 11 is 0. The third-order valence-electron chi connectivity index (χ3n) is 4.22. The minimum Gasteiger partial charge on any atom is -0.507 e. The number of allylic oxidation sites excluding steroid dienone is 3. The number of phenols is 1. The molecule has 0 heterocycles. The zero-order chi connectivity index (χ0) is 28.5. The second kappa shape index (κ2) is 16.6. The fraction of sp³-hybridized carbons (Fsp3) is 0.250. The largest absolute Gasteiger partial charge is 0.507 e. The molecule has 0 spiro atoms. The first kappa shape index (κ1) is 31.1. The van der Waals surface area contributed by atoms with Crippen LogP contribution in [0.3, 0.4) is 0 Å². The Kier molecular flexibility index (Phi) is 13.6. The summed E-state index contributed by atoms with van der Waals surface area (Å²) in [5, 5.41) is 55.5. The number of aromatic hydroxyl groups is 1. The Morgan fingerprint density at radius 1 is 0.737 bits per heavy atom. The topological polar surface area (TPSA) is 239 Å². The molecule has 1 aromatic rings. The highest BCUT2D eigenvalue weighted by Gasteiger charge is 2.11. The minimum absolute atomic E-state index is 0.0736. The van der Waals surface area contributed by atoms with Gasteiger partial charge in [-0.15, -0.1) is 0 Å². The third kappa shape index (κ3) is 12.6. The molecule has 0 atom stereocenters. The summed E-state index contributed by atoms with van der Waals surface area (Å²) in [6.07, 6.45) is 7.90. The molecular formula is C24H26N4O10. The standard InChI is InChI=1S/C24H26N4O10/c29-14-15(7-26-11-21(32)33)4-16(2-1-3-25-10-20(30)31)17-5-18(8-27-12-22(34)35)24(38)19(6-17)9-28-13-23(36)37/h2-9,29,38H,1,10-14H2,(H,30,31)(H,32,33)(H,34,35)(H,36,37)/b15-4-,16-2+,25-3+,26-7+,27-8+,28-9+. The highest BCUT2D eigenvalue weighted by Crippen LogP contribution is 2.28. The van der Waals surface area contributed by atoms with Crippen molar-refractivity contribution in [2.24, 2.45) is 20.0 Å². The summed E-state index contributed by atoms with van der Waals surface area (Å²) in [6.45, 7) is -2.67. The molecule has 0 aromatic heterocycles. The fourth-order valence-corrected chi connectivity index (χ4v) is 2.71. The number of aliphatic hydroxyl groups excluding tert-OH is 1. The van der Waals surface area contributed by atoms with Gasteiger partial charge in [0, 0.05) is 42.4 Å². The van der Waals surface area contributed by atoms with Crippen molar-refractivity contribution in [2.45, 2.75) is 6.42 Å². The molecule has 0 aliphatic heterocycles. The molecule has 0 amide bonds. The number of carbonyl (C=O) groups is 4. The van der Waals surface area contributed by atoms with Gasteiger partial charge in [0.25, 0.3) is 0 Å². The number of carboxylic acid groups (broad SMARTS) is 4. The highest BCUT2D eigenvalue weighted by molar-refractivity contribution is 5.96. The molecule has 14 nitrogen and oxygen atoms in total. The van der Waals surface area contributed by atoms with E-state index in [0.717, 1.165) is 18.6 Å². The Balaban J connectivity index is 3.67. The minimum atomic E-state index is -1.21. The number of phenolic OH excluding ortho intramolecular Hbond substituents is 1. The lowest BCUT2D eigenvalue weighted by molar-refractivity contribution is -0.136. The van der Waals surface area contributed by atoms with Crippen LogP contribution in [-0.4, -0.2) is 112 Å². The van der Waals surface area contributed by atoms with Crippen LogP contribution in [0.5, 0.6) is 5.75 Å². The molecule has 1 aromatic carbocycles. The maximum atomic E-state index is 10.8. The highest BCUT2D eigenvalue weighted by atomic mass is 16.4. The van der Waals surface area contributed by atoms with Gasteiger partial charge < -0.3 is 30.6 Å². The lowest BCUT2D eigenvalue weighted by atomic mass is 9.96. The van der Waals surface area contributed by atoms with Crippen LogP contribution in [-0.2, 0) is 19.2 Å². The number of benzene rings is 1. The van der Waals surface area contributed by atoms with Crippen LogP contribution in [0.4, 0.5) is 0 Å². The smallest absolute Gasteiger partial charge is 0.325 e. The fourth-order valence-electron chi connectivity index (χ4n) is 2.71. The Labute approximate surface area is 216 Å². The van der Waals surface area contributed by atoms with Crippen molar-refractivity contribution in [1.29, 1.82) is 0 Å². The Morgan fingerprint density at radius 2 is 1.21 bits per heavy atom. The molecule has 0 saturated heterocycles. The zero-order valence-electron chi connectivity index (χ0n) is 20.0. The van der Waals surface area contributed by atoms with E-state index in [2.05, 4.69) is 20.0 Å². The number of carboxylic acids is 4. The maximum absolute atomic E-state index is 10.8. The van der Waals surface area contributed by atoms with Gasteiger partial charge in [-0.3, -0.25) is 39.1 Å². The van der Waals surface area contributed by atoms with Gasteiger partial charge in [-0.05, 0) is 34.9 Å². The van der Waals surface area contributed by atoms with E-state index in [1.165, 1.54) is 24.4 Å². The third-order valence-corrected chi connectivity index (χ3v) is 4.22. The Morgan fingerprint density at radius 3 is 1.68 bits per heavy atom. The first-order valence-electron chi connectivity index (χ1n) is 10.8. The number of aliphatic imine (C=N–C) groups is 4. The van der Waals surface area contributed by atoms with Crippen molar-refractivity contribution in [2.75, 3.05) is 32.8 Å². The van der Waals surface area contributed by atoms with Crippen molar-refractivity contribution >= 4 is 54.3 Å². The lowest BCUT2D eigenvalue weighted by Gasteiger charge is -2.11. The van der Waals surface area contributed by atoms with Crippen LogP contribution < -0.4 is 0 Å². The Hall–Kier alpha value is -4.98. The van der Waals surface area contributed by atoms with E-state index in [9.17, 15) is 29.4 Å². The Bertz CT molecular complexity index is 1170. The number of hydrogen-bond donors (Lipinski definition) is 6. The van der Waals surface area contributed by atoms with Crippen LogP contribution in [0.1, 0.15) is 23.1 Å². The molecule has 0 saturated carbocycles. The average molecular weight is 530 g/mol. The second-order valence-corrected chi connectivity index (χ2v) is 7.28. The lowest BCUT2D eigenvalue weighted by Crippen LogP contribution is -2.02. The van der Waals surface area contributed by atoms with Gasteiger partial charge >= 0.3 is 23.9 Å². The van der Waals surface area contributed by atoms with Gasteiger partial charge in [0.2, 0.25) is 0 Å². The van der Waals surface area contributed by atoms with E-state index in [0.29, 0.717) is 11.1 Å². The summed E-state index contributed by atoms with van der Waals surface area (Å²) in [5.74, 6) is -5.08. The summed E-state index contributed by atoms with van der Waals surface area (Å²) in [7, 11) is 0. The molecule has 38 heavy (non-hydrogen) atoms. The van der Waals surface area contributed by atoms with E-state index >= 15 is 0 Å². The normalized spacial score (nSPS) is 12.8. The molecule has 0 fully saturated rings. The van der Waals surface area contributed by atoms with Gasteiger partial charge in [-0.1, -0.05) is 6.08 Å². The molecule has 1 rings (SSSR count). The number of hydrogen-bond acceptors (Lipinski definition) is 10. The number of rotatable bonds is 16. The van der Waals surface area contributed by atoms with E-state index in [-0.39, 0.29) is 28.9 Å². The monoisotopic (exact) mass is 530 g/mol. The summed E-state index contributed by atoms with van der Waals surface area (Å²) in [5.41, 5.74) is 1.11. The van der Waals surface area contributed by atoms with Crippen LogP contribution in [0, 0.1) is 0 Å². The molecule has 14 heteroatoms. The van der Waals surface area contributed by atoms with Crippen molar-refractivity contribution < 1.29 is 49.8 Å². The van der Waals surface area contributed by atoms with E-state index < -0.39 is 56.7 Å². The molecular weight excluding hydrogens is 504 g/mol. The zero-order valence-corrected chi connectivity index (χ0v) is 20.0. The van der Waals surface area contributed by atoms with Gasteiger partial charge in [-0.2, -0.15) is 0 Å². The van der Waals surface area contributed by atoms with Gasteiger partial charge in [0.1, 0.15) is 31.9 Å². The van der Waals surface area contributed by atoms with E-state index in [4.69, 9.17) is 20.4 Å². The summed E-state index contributed by atoms with van der Waals surface area (Å²) < 4.78 is 0.